The highest BCUT2D eigenvalue weighted by atomic mass is 127. The van der Waals surface area contributed by atoms with E-state index in [9.17, 15) is 8.78 Å². The zero-order valence-electron chi connectivity index (χ0n) is 8.22. The predicted molar refractivity (Wildman–Crippen MR) is 65.6 cm³/mol. The van der Waals surface area contributed by atoms with Crippen LogP contribution in [0.2, 0.25) is 0 Å². The minimum absolute atomic E-state index is 0.0288. The van der Waals surface area contributed by atoms with Gasteiger partial charge >= 0.3 is 0 Å². The number of nitrogens with zero attached hydrogens (tertiary/aromatic N) is 1. The van der Waals surface area contributed by atoms with Gasteiger partial charge in [-0.25, -0.2) is 8.78 Å². The zero-order chi connectivity index (χ0) is 10.9. The summed E-state index contributed by atoms with van der Waals surface area (Å²) in [4.78, 5) is 2.02. The van der Waals surface area contributed by atoms with Gasteiger partial charge in [-0.05, 0) is 46.9 Å². The van der Waals surface area contributed by atoms with E-state index in [2.05, 4.69) is 22.6 Å². The van der Waals surface area contributed by atoms with E-state index >= 15 is 0 Å². The van der Waals surface area contributed by atoms with Crippen molar-refractivity contribution in [2.75, 3.05) is 18.0 Å². The number of benzene rings is 1. The first-order valence-electron chi connectivity index (χ1n) is 4.95. The molecule has 1 aliphatic rings. The highest BCUT2D eigenvalue weighted by Crippen LogP contribution is 2.30. The molecule has 0 atom stereocenters. The molecule has 0 amide bonds. The Kier molecular flexibility index (Phi) is 3.13. The third kappa shape index (κ3) is 2.80. The predicted octanol–water partition coefficient (Wildman–Crippen LogP) is 3.53. The smallest absolute Gasteiger partial charge is 0.251 e. The molecule has 1 saturated heterocycles. The Hall–Kier alpha value is -0.390. The molecule has 0 radical (unpaired) electrons. The third-order valence-electron chi connectivity index (χ3n) is 2.69. The van der Waals surface area contributed by atoms with Crippen LogP contribution in [0.3, 0.4) is 0 Å². The summed E-state index contributed by atoms with van der Waals surface area (Å²) in [7, 11) is 0. The second-order valence-corrected chi connectivity index (χ2v) is 5.07. The minimum Gasteiger partial charge on any atom is -0.371 e. The first kappa shape index (κ1) is 11.1. The van der Waals surface area contributed by atoms with Crippen LogP contribution in [0.25, 0.3) is 0 Å². The third-order valence-corrected chi connectivity index (χ3v) is 3.41. The molecule has 82 valence electrons. The quantitative estimate of drug-likeness (QED) is 0.715. The molecule has 0 aliphatic carbocycles. The van der Waals surface area contributed by atoms with Crippen molar-refractivity contribution in [1.82, 2.24) is 0 Å². The molecule has 2 rings (SSSR count). The normalized spacial score (nSPS) is 20.3. The average molecular weight is 323 g/mol. The summed E-state index contributed by atoms with van der Waals surface area (Å²) in [6.45, 7) is 0.904. The summed E-state index contributed by atoms with van der Waals surface area (Å²) >= 11 is 2.23. The van der Waals surface area contributed by atoms with Crippen LogP contribution in [0.15, 0.2) is 24.3 Å². The van der Waals surface area contributed by atoms with E-state index in [0.717, 1.165) is 5.69 Å². The summed E-state index contributed by atoms with van der Waals surface area (Å²) in [6, 6.07) is 7.99. The first-order valence-corrected chi connectivity index (χ1v) is 6.03. The number of hydrogen-bond acceptors (Lipinski definition) is 1. The number of alkyl halides is 2. The van der Waals surface area contributed by atoms with Crippen molar-refractivity contribution in [2.24, 2.45) is 0 Å². The zero-order valence-corrected chi connectivity index (χ0v) is 10.4. The van der Waals surface area contributed by atoms with Crippen LogP contribution < -0.4 is 4.90 Å². The SMILES string of the molecule is FC1(F)CCN(c2ccc(I)cc2)CC1. The summed E-state index contributed by atoms with van der Waals surface area (Å²) in [5, 5.41) is 0. The van der Waals surface area contributed by atoms with Crippen molar-refractivity contribution in [3.63, 3.8) is 0 Å². The lowest BCUT2D eigenvalue weighted by atomic mass is 10.1. The first-order chi connectivity index (χ1) is 7.07. The van der Waals surface area contributed by atoms with Crippen molar-refractivity contribution in [3.05, 3.63) is 27.8 Å². The molecule has 1 heterocycles. The lowest BCUT2D eigenvalue weighted by molar-refractivity contribution is -0.0220. The molecule has 15 heavy (non-hydrogen) atoms. The molecule has 1 fully saturated rings. The molecule has 1 aromatic carbocycles. The van der Waals surface area contributed by atoms with Gasteiger partial charge in [0.25, 0.3) is 5.92 Å². The maximum Gasteiger partial charge on any atom is 0.251 e. The Balaban J connectivity index is 2.04. The Morgan fingerprint density at radius 2 is 1.60 bits per heavy atom. The molecule has 0 N–H and O–H groups in total. The molecule has 0 saturated carbocycles. The number of hydrogen-bond donors (Lipinski definition) is 0. The Morgan fingerprint density at radius 3 is 2.13 bits per heavy atom. The Bertz CT molecular complexity index is 327. The topological polar surface area (TPSA) is 3.24 Å². The summed E-state index contributed by atoms with van der Waals surface area (Å²) in [6.07, 6.45) is -0.0576. The van der Waals surface area contributed by atoms with Crippen molar-refractivity contribution >= 4 is 28.3 Å². The van der Waals surface area contributed by atoms with Crippen LogP contribution in [-0.2, 0) is 0 Å². The van der Waals surface area contributed by atoms with Gasteiger partial charge in [0.1, 0.15) is 0 Å². The van der Waals surface area contributed by atoms with Crippen molar-refractivity contribution in [3.8, 4) is 0 Å². The van der Waals surface area contributed by atoms with Gasteiger partial charge in [-0.1, -0.05) is 0 Å². The molecular weight excluding hydrogens is 311 g/mol. The fourth-order valence-corrected chi connectivity index (χ4v) is 2.10. The number of piperidine rings is 1. The molecule has 0 bridgehead atoms. The van der Waals surface area contributed by atoms with Crippen molar-refractivity contribution < 1.29 is 8.78 Å². The molecule has 1 aliphatic heterocycles. The molecule has 1 nitrogen and oxygen atoms in total. The van der Waals surface area contributed by atoms with E-state index in [1.807, 2.05) is 29.2 Å². The average Bonchev–Trinajstić information content (AvgIpc) is 2.20. The monoisotopic (exact) mass is 323 g/mol. The number of halogens is 3. The summed E-state index contributed by atoms with van der Waals surface area (Å²) in [5.41, 5.74) is 1.05. The molecule has 1 aromatic rings. The van der Waals surface area contributed by atoms with E-state index in [1.54, 1.807) is 0 Å². The number of rotatable bonds is 1. The van der Waals surface area contributed by atoms with Crippen LogP contribution in [0.5, 0.6) is 0 Å². The fourth-order valence-electron chi connectivity index (χ4n) is 1.74. The number of anilines is 1. The summed E-state index contributed by atoms with van der Waals surface area (Å²) < 4.78 is 27.0. The lowest BCUT2D eigenvalue weighted by Gasteiger charge is -2.33. The van der Waals surface area contributed by atoms with E-state index < -0.39 is 5.92 Å². The second-order valence-electron chi connectivity index (χ2n) is 3.82. The van der Waals surface area contributed by atoms with Crippen LogP contribution >= 0.6 is 22.6 Å². The maximum absolute atomic E-state index is 12.9. The fraction of sp³-hybridized carbons (Fsp3) is 0.455. The van der Waals surface area contributed by atoms with E-state index in [1.165, 1.54) is 3.57 Å². The summed E-state index contributed by atoms with van der Waals surface area (Å²) in [5.74, 6) is -2.46. The van der Waals surface area contributed by atoms with E-state index in [-0.39, 0.29) is 12.8 Å². The molecule has 0 unspecified atom stereocenters. The van der Waals surface area contributed by atoms with Crippen molar-refractivity contribution in [2.45, 2.75) is 18.8 Å². The Morgan fingerprint density at radius 1 is 1.07 bits per heavy atom. The van der Waals surface area contributed by atoms with Gasteiger partial charge in [0, 0.05) is 35.2 Å². The van der Waals surface area contributed by atoms with Gasteiger partial charge in [0.15, 0.2) is 0 Å². The minimum atomic E-state index is -2.46. The standard InChI is InChI=1S/C11H12F2IN/c12-11(13)5-7-15(8-6-11)10-3-1-9(14)2-4-10/h1-4H,5-8H2. The molecular formula is C11H12F2IN. The molecule has 0 aromatic heterocycles. The maximum atomic E-state index is 12.9. The van der Waals surface area contributed by atoms with Gasteiger partial charge in [-0.3, -0.25) is 0 Å². The van der Waals surface area contributed by atoms with Crippen molar-refractivity contribution in [1.29, 1.82) is 0 Å². The lowest BCUT2D eigenvalue weighted by Crippen LogP contribution is -2.39. The van der Waals surface area contributed by atoms with Gasteiger partial charge < -0.3 is 4.90 Å². The van der Waals surface area contributed by atoms with Crippen LogP contribution in [0, 0.1) is 3.57 Å². The van der Waals surface area contributed by atoms with Gasteiger partial charge in [0.2, 0.25) is 0 Å². The highest BCUT2D eigenvalue weighted by molar-refractivity contribution is 14.1. The highest BCUT2D eigenvalue weighted by Gasteiger charge is 2.33. The van der Waals surface area contributed by atoms with Crippen LogP contribution in [0.4, 0.5) is 14.5 Å². The van der Waals surface area contributed by atoms with E-state index in [0.29, 0.717) is 13.1 Å². The molecule has 4 heteroatoms. The Labute approximate surface area is 102 Å². The van der Waals surface area contributed by atoms with Crippen LogP contribution in [0.1, 0.15) is 12.8 Å². The van der Waals surface area contributed by atoms with Gasteiger partial charge in [-0.2, -0.15) is 0 Å². The van der Waals surface area contributed by atoms with Crippen LogP contribution in [-0.4, -0.2) is 19.0 Å². The van der Waals surface area contributed by atoms with E-state index in [4.69, 9.17) is 0 Å². The second kappa shape index (κ2) is 4.23. The van der Waals surface area contributed by atoms with Gasteiger partial charge in [0.05, 0.1) is 0 Å². The largest absolute Gasteiger partial charge is 0.371 e. The van der Waals surface area contributed by atoms with Gasteiger partial charge in [-0.15, -0.1) is 0 Å². The molecule has 0 spiro atoms.